The van der Waals surface area contributed by atoms with Crippen LogP contribution in [0.25, 0.3) is 6.08 Å². The van der Waals surface area contributed by atoms with Gasteiger partial charge in [-0.25, -0.2) is 0 Å². The van der Waals surface area contributed by atoms with Crippen LogP contribution in [-0.4, -0.2) is 11.9 Å². The summed E-state index contributed by atoms with van der Waals surface area (Å²) in [5.74, 6) is -0.294. The van der Waals surface area contributed by atoms with Crippen LogP contribution in [-0.2, 0) is 4.79 Å². The Kier molecular flexibility index (Phi) is 4.46. The van der Waals surface area contributed by atoms with Crippen molar-refractivity contribution in [3.8, 4) is 0 Å². The lowest BCUT2D eigenvalue weighted by Gasteiger charge is -2.05. The Morgan fingerprint density at radius 2 is 2.18 bits per heavy atom. The van der Waals surface area contributed by atoms with E-state index in [-0.39, 0.29) is 5.96 Å². The number of hydrogen-bond donors (Lipinski definition) is 3. The first kappa shape index (κ1) is 13.0. The van der Waals surface area contributed by atoms with Gasteiger partial charge in [-0.3, -0.25) is 15.5 Å². The standard InChI is InChI=1S/C13H17N3O/c1-9(2)11-5-3-4-10(8-11)6-7-12(17)16-13(14)15/h3-9H,1-2H3,(H4,14,15,16,17). The van der Waals surface area contributed by atoms with Crippen LogP contribution in [0.1, 0.15) is 30.9 Å². The van der Waals surface area contributed by atoms with Gasteiger partial charge in [0.1, 0.15) is 0 Å². The molecule has 1 aromatic carbocycles. The van der Waals surface area contributed by atoms with E-state index in [0.717, 1.165) is 5.56 Å². The number of guanidine groups is 1. The van der Waals surface area contributed by atoms with Gasteiger partial charge < -0.3 is 5.73 Å². The molecular weight excluding hydrogens is 214 g/mol. The second kappa shape index (κ2) is 5.84. The minimum absolute atomic E-state index is 0.351. The van der Waals surface area contributed by atoms with E-state index >= 15 is 0 Å². The number of carbonyl (C=O) groups is 1. The minimum atomic E-state index is -0.396. The number of hydrogen-bond acceptors (Lipinski definition) is 2. The molecule has 1 amide bonds. The minimum Gasteiger partial charge on any atom is -0.370 e. The van der Waals surface area contributed by atoms with Crippen molar-refractivity contribution in [2.75, 3.05) is 0 Å². The summed E-state index contributed by atoms with van der Waals surface area (Å²) in [6, 6.07) is 7.96. The second-order valence-corrected chi connectivity index (χ2v) is 4.06. The van der Waals surface area contributed by atoms with Crippen LogP contribution in [0.4, 0.5) is 0 Å². The molecule has 4 nitrogen and oxygen atoms in total. The number of benzene rings is 1. The molecule has 1 aromatic rings. The molecule has 17 heavy (non-hydrogen) atoms. The van der Waals surface area contributed by atoms with Gasteiger partial charge in [0.2, 0.25) is 0 Å². The van der Waals surface area contributed by atoms with Gasteiger partial charge in [0, 0.05) is 6.08 Å². The molecule has 0 saturated heterocycles. The lowest BCUT2D eigenvalue weighted by atomic mass is 10.0. The van der Waals surface area contributed by atoms with Gasteiger partial charge in [-0.2, -0.15) is 0 Å². The Bertz CT molecular complexity index is 450. The van der Waals surface area contributed by atoms with E-state index in [9.17, 15) is 4.79 Å². The zero-order valence-electron chi connectivity index (χ0n) is 10.0. The summed E-state index contributed by atoms with van der Waals surface area (Å²) in [4.78, 5) is 11.2. The van der Waals surface area contributed by atoms with Gasteiger partial charge in [-0.1, -0.05) is 38.1 Å². The number of nitrogens with one attached hydrogen (secondary N) is 2. The maximum absolute atomic E-state index is 11.2. The summed E-state index contributed by atoms with van der Waals surface area (Å²) in [6.07, 6.45) is 3.06. The first-order valence-electron chi connectivity index (χ1n) is 5.42. The SMILES string of the molecule is CC(C)c1cccc(C=CC(=O)NC(=N)N)c1. The average molecular weight is 231 g/mol. The number of carbonyl (C=O) groups excluding carboxylic acids is 1. The Labute approximate surface area is 101 Å². The zero-order chi connectivity index (χ0) is 12.8. The summed E-state index contributed by atoms with van der Waals surface area (Å²) in [6.45, 7) is 4.23. The van der Waals surface area contributed by atoms with E-state index in [2.05, 4.69) is 25.2 Å². The largest absolute Gasteiger partial charge is 0.370 e. The summed E-state index contributed by atoms with van der Waals surface area (Å²) >= 11 is 0. The van der Waals surface area contributed by atoms with Crippen molar-refractivity contribution in [3.05, 3.63) is 41.5 Å². The maximum atomic E-state index is 11.2. The fourth-order valence-corrected chi connectivity index (χ4v) is 1.37. The molecule has 0 heterocycles. The molecule has 0 fully saturated rings. The summed E-state index contributed by atoms with van der Waals surface area (Å²) < 4.78 is 0. The topological polar surface area (TPSA) is 79.0 Å². The highest BCUT2D eigenvalue weighted by Gasteiger charge is 1.99. The molecule has 0 atom stereocenters. The predicted octanol–water partition coefficient (Wildman–Crippen LogP) is 1.83. The molecule has 4 N–H and O–H groups in total. The van der Waals surface area contributed by atoms with E-state index in [4.69, 9.17) is 11.1 Å². The second-order valence-electron chi connectivity index (χ2n) is 4.06. The van der Waals surface area contributed by atoms with Crippen LogP contribution in [0.5, 0.6) is 0 Å². The van der Waals surface area contributed by atoms with Crippen LogP contribution in [0.3, 0.4) is 0 Å². The van der Waals surface area contributed by atoms with E-state index in [1.807, 2.05) is 18.2 Å². The molecule has 90 valence electrons. The van der Waals surface area contributed by atoms with E-state index < -0.39 is 5.91 Å². The Balaban J connectivity index is 2.74. The van der Waals surface area contributed by atoms with Gasteiger partial charge >= 0.3 is 0 Å². The van der Waals surface area contributed by atoms with Crippen molar-refractivity contribution in [2.45, 2.75) is 19.8 Å². The van der Waals surface area contributed by atoms with Crippen molar-refractivity contribution in [2.24, 2.45) is 5.73 Å². The number of rotatable bonds is 3. The van der Waals surface area contributed by atoms with Gasteiger partial charge in [-0.05, 0) is 23.1 Å². The van der Waals surface area contributed by atoms with Crippen molar-refractivity contribution < 1.29 is 4.79 Å². The van der Waals surface area contributed by atoms with Crippen molar-refractivity contribution >= 4 is 17.9 Å². The monoisotopic (exact) mass is 231 g/mol. The van der Waals surface area contributed by atoms with Crippen molar-refractivity contribution in [1.29, 1.82) is 5.41 Å². The van der Waals surface area contributed by atoms with Crippen LogP contribution in [0, 0.1) is 5.41 Å². The van der Waals surface area contributed by atoms with Crippen LogP contribution < -0.4 is 11.1 Å². The third kappa shape index (κ3) is 4.51. The number of nitrogens with two attached hydrogens (primary N) is 1. The third-order valence-electron chi connectivity index (χ3n) is 2.26. The van der Waals surface area contributed by atoms with E-state index in [0.29, 0.717) is 5.92 Å². The molecule has 0 aromatic heterocycles. The molecule has 0 aliphatic rings. The molecule has 0 radical (unpaired) electrons. The summed E-state index contributed by atoms with van der Waals surface area (Å²) in [5, 5.41) is 9.10. The number of amides is 1. The van der Waals surface area contributed by atoms with Crippen molar-refractivity contribution in [1.82, 2.24) is 5.32 Å². The lowest BCUT2D eigenvalue weighted by Crippen LogP contribution is -2.34. The normalized spacial score (nSPS) is 10.8. The highest BCUT2D eigenvalue weighted by atomic mass is 16.1. The van der Waals surface area contributed by atoms with Gasteiger partial charge in [0.05, 0.1) is 0 Å². The van der Waals surface area contributed by atoms with Crippen molar-refractivity contribution in [3.63, 3.8) is 0 Å². The molecule has 0 bridgehead atoms. The highest BCUT2D eigenvalue weighted by molar-refractivity contribution is 6.02. The molecule has 0 spiro atoms. The van der Waals surface area contributed by atoms with Gasteiger partial charge in [0.15, 0.2) is 5.96 Å². The maximum Gasteiger partial charge on any atom is 0.250 e. The van der Waals surface area contributed by atoms with Crippen LogP contribution in [0.15, 0.2) is 30.3 Å². The molecular formula is C13H17N3O. The Hall–Kier alpha value is -2.10. The fraction of sp³-hybridized carbons (Fsp3) is 0.231. The van der Waals surface area contributed by atoms with Crippen LogP contribution >= 0.6 is 0 Å². The van der Waals surface area contributed by atoms with E-state index in [1.165, 1.54) is 11.6 Å². The third-order valence-corrected chi connectivity index (χ3v) is 2.26. The first-order valence-corrected chi connectivity index (χ1v) is 5.42. The summed E-state index contributed by atoms with van der Waals surface area (Å²) in [7, 11) is 0. The molecule has 0 aliphatic carbocycles. The predicted molar refractivity (Wildman–Crippen MR) is 69.6 cm³/mol. The molecule has 4 heteroatoms. The molecule has 1 rings (SSSR count). The summed E-state index contributed by atoms with van der Waals surface area (Å²) in [5.41, 5.74) is 7.22. The average Bonchev–Trinajstić information content (AvgIpc) is 2.26. The first-order chi connectivity index (χ1) is 7.99. The Morgan fingerprint density at radius 1 is 1.47 bits per heavy atom. The van der Waals surface area contributed by atoms with Gasteiger partial charge in [-0.15, -0.1) is 0 Å². The fourth-order valence-electron chi connectivity index (χ4n) is 1.37. The quantitative estimate of drug-likeness (QED) is 0.421. The molecule has 0 aliphatic heterocycles. The zero-order valence-corrected chi connectivity index (χ0v) is 10.0. The van der Waals surface area contributed by atoms with Gasteiger partial charge in [0.25, 0.3) is 5.91 Å². The van der Waals surface area contributed by atoms with Crippen LogP contribution in [0.2, 0.25) is 0 Å². The molecule has 0 saturated carbocycles. The van der Waals surface area contributed by atoms with E-state index in [1.54, 1.807) is 6.08 Å². The highest BCUT2D eigenvalue weighted by Crippen LogP contribution is 2.16. The lowest BCUT2D eigenvalue weighted by molar-refractivity contribution is -0.115. The molecule has 0 unspecified atom stereocenters. The Morgan fingerprint density at radius 3 is 2.76 bits per heavy atom. The smallest absolute Gasteiger partial charge is 0.250 e.